The minimum atomic E-state index is -4.67. The van der Waals surface area contributed by atoms with Crippen LogP contribution in [-0.2, 0) is 15.1 Å². The molecule has 6 nitrogen and oxygen atoms in total. The number of rotatable bonds is 0. The Morgan fingerprint density at radius 2 is 1.89 bits per heavy atom. The fraction of sp³-hybridized carbons (Fsp3) is 1.00. The van der Waals surface area contributed by atoms with Crippen LogP contribution in [-0.4, -0.2) is 58.8 Å². The quantitative estimate of drug-likeness (QED) is 0.642. The second-order valence-electron chi connectivity index (χ2n) is 5.06. The molecule has 2 atom stereocenters. The van der Waals surface area contributed by atoms with Crippen LogP contribution in [0.3, 0.4) is 0 Å². The van der Waals surface area contributed by atoms with Crippen LogP contribution in [0.1, 0.15) is 19.8 Å². The fourth-order valence-electron chi connectivity index (χ4n) is 3.08. The summed E-state index contributed by atoms with van der Waals surface area (Å²) in [5.41, 5.74) is 0.682. The largest absolute Gasteiger partial charge is 0.394 e. The summed E-state index contributed by atoms with van der Waals surface area (Å²) in [6.45, 7) is 6.02. The van der Waals surface area contributed by atoms with Crippen molar-refractivity contribution in [3.8, 4) is 0 Å². The lowest BCUT2D eigenvalue weighted by atomic mass is 9.76. The van der Waals surface area contributed by atoms with Gasteiger partial charge in [-0.3, -0.25) is 9.11 Å². The lowest BCUT2D eigenvalue weighted by Gasteiger charge is -2.50. The number of ether oxygens (including phenoxy) is 1. The van der Waals surface area contributed by atoms with Crippen LogP contribution in [0.5, 0.6) is 0 Å². The van der Waals surface area contributed by atoms with Gasteiger partial charge in [-0.25, -0.2) is 0 Å². The Bertz CT molecular complexity index is 385. The van der Waals surface area contributed by atoms with Crippen molar-refractivity contribution in [1.29, 1.82) is 0 Å². The van der Waals surface area contributed by atoms with Crippen LogP contribution in [0.4, 0.5) is 0 Å². The molecule has 0 radical (unpaired) electrons. The molecule has 4 aliphatic heterocycles. The van der Waals surface area contributed by atoms with Gasteiger partial charge in [-0.15, -0.1) is 11.8 Å². The summed E-state index contributed by atoms with van der Waals surface area (Å²) in [5, 5.41) is 0. The zero-order valence-corrected chi connectivity index (χ0v) is 11.9. The molecule has 1 spiro atoms. The van der Waals surface area contributed by atoms with Crippen LogP contribution < -0.4 is 0 Å². The molecule has 2 N–H and O–H groups in total. The molecule has 4 aliphatic rings. The van der Waals surface area contributed by atoms with Gasteiger partial charge in [0.2, 0.25) is 0 Å². The lowest BCUT2D eigenvalue weighted by molar-refractivity contribution is -0.133. The predicted molar refractivity (Wildman–Crippen MR) is 69.1 cm³/mol. The molecule has 0 aromatic heterocycles. The molecule has 0 amide bonds. The van der Waals surface area contributed by atoms with E-state index in [1.54, 1.807) is 0 Å². The van der Waals surface area contributed by atoms with Crippen molar-refractivity contribution in [2.45, 2.75) is 30.8 Å². The van der Waals surface area contributed by atoms with E-state index in [1.807, 2.05) is 11.8 Å². The van der Waals surface area contributed by atoms with Crippen molar-refractivity contribution in [2.75, 3.05) is 25.4 Å². The normalized spacial score (nSPS) is 42.7. The minimum Gasteiger partial charge on any atom is -0.359 e. The number of hydrogen-bond donors (Lipinski definition) is 2. The first-order valence-electron chi connectivity index (χ1n) is 6.00. The summed E-state index contributed by atoms with van der Waals surface area (Å²) in [6.07, 6.45) is 2.74. The molecular formula is C10H19NO5S2. The maximum atomic E-state index is 8.74. The monoisotopic (exact) mass is 297 g/mol. The van der Waals surface area contributed by atoms with Gasteiger partial charge < -0.3 is 9.64 Å². The number of hydrogen-bond acceptors (Lipinski definition) is 5. The summed E-state index contributed by atoms with van der Waals surface area (Å²) in [5.74, 6) is 2.09. The highest BCUT2D eigenvalue weighted by molar-refractivity contribution is 8.00. The summed E-state index contributed by atoms with van der Waals surface area (Å²) in [6, 6.07) is 0. The van der Waals surface area contributed by atoms with Gasteiger partial charge in [-0.2, -0.15) is 8.42 Å². The second kappa shape index (κ2) is 5.26. The number of nitrogens with zero attached hydrogens (tertiary/aromatic N) is 1. The fourth-order valence-corrected chi connectivity index (χ4v) is 4.25. The van der Waals surface area contributed by atoms with E-state index >= 15 is 0 Å². The highest BCUT2D eigenvalue weighted by Crippen LogP contribution is 2.46. The molecule has 18 heavy (non-hydrogen) atoms. The van der Waals surface area contributed by atoms with Crippen LogP contribution in [0.15, 0.2) is 0 Å². The summed E-state index contributed by atoms with van der Waals surface area (Å²) < 4.78 is 37.7. The smallest absolute Gasteiger partial charge is 0.359 e. The van der Waals surface area contributed by atoms with Crippen molar-refractivity contribution in [3.63, 3.8) is 0 Å². The van der Waals surface area contributed by atoms with Crippen LogP contribution >= 0.6 is 11.8 Å². The highest BCUT2D eigenvalue weighted by atomic mass is 32.3. The molecule has 4 rings (SSSR count). The zero-order valence-electron chi connectivity index (χ0n) is 10.3. The first kappa shape index (κ1) is 14.5. The van der Waals surface area contributed by atoms with Crippen molar-refractivity contribution < 1.29 is 22.3 Å². The molecule has 4 heterocycles. The maximum absolute atomic E-state index is 8.74. The van der Waals surface area contributed by atoms with Gasteiger partial charge in [0.25, 0.3) is 0 Å². The molecule has 2 unspecified atom stereocenters. The highest BCUT2D eigenvalue weighted by Gasteiger charge is 2.51. The third-order valence-corrected chi connectivity index (χ3v) is 5.01. The van der Waals surface area contributed by atoms with E-state index in [2.05, 4.69) is 11.8 Å². The Kier molecular flexibility index (Phi) is 4.25. The summed E-state index contributed by atoms with van der Waals surface area (Å²) in [7, 11) is -4.67. The zero-order chi connectivity index (χ0) is 13.4. The van der Waals surface area contributed by atoms with Crippen molar-refractivity contribution in [1.82, 2.24) is 4.90 Å². The maximum Gasteiger partial charge on any atom is 0.394 e. The van der Waals surface area contributed by atoms with Crippen molar-refractivity contribution in [3.05, 3.63) is 0 Å². The van der Waals surface area contributed by atoms with E-state index in [-0.39, 0.29) is 5.60 Å². The van der Waals surface area contributed by atoms with Gasteiger partial charge in [-0.1, -0.05) is 0 Å². The Balaban J connectivity index is 0.000000209. The third-order valence-electron chi connectivity index (χ3n) is 3.79. The van der Waals surface area contributed by atoms with Gasteiger partial charge in [0, 0.05) is 12.3 Å². The molecule has 2 bridgehead atoms. The SMILES string of the molecule is CC1OC2(CS1)CN1CCC2CC1.O=S(=O)(O)O. The molecule has 106 valence electrons. The first-order chi connectivity index (χ1) is 8.28. The molecule has 0 aliphatic carbocycles. The van der Waals surface area contributed by atoms with Crippen LogP contribution in [0, 0.1) is 5.92 Å². The van der Waals surface area contributed by atoms with E-state index in [4.69, 9.17) is 22.3 Å². The lowest BCUT2D eigenvalue weighted by Crippen LogP contribution is -2.60. The number of fused-ring (bicyclic) bond motifs is 2. The topological polar surface area (TPSA) is 87.1 Å². The van der Waals surface area contributed by atoms with Crippen molar-refractivity contribution >= 4 is 22.2 Å². The van der Waals surface area contributed by atoms with Gasteiger partial charge in [0.1, 0.15) is 5.44 Å². The molecule has 0 aromatic rings. The van der Waals surface area contributed by atoms with E-state index in [1.165, 1.54) is 38.2 Å². The predicted octanol–water partition coefficient (Wildman–Crippen LogP) is 0.907. The van der Waals surface area contributed by atoms with Gasteiger partial charge >= 0.3 is 10.4 Å². The molecule has 4 saturated heterocycles. The average molecular weight is 297 g/mol. The van der Waals surface area contributed by atoms with Crippen molar-refractivity contribution in [2.24, 2.45) is 5.92 Å². The van der Waals surface area contributed by atoms with Gasteiger partial charge in [0.05, 0.1) is 5.60 Å². The molecule has 4 fully saturated rings. The third kappa shape index (κ3) is 3.58. The Hall–Kier alpha value is 0.140. The molecule has 0 saturated carbocycles. The molecule has 8 heteroatoms. The molecular weight excluding hydrogens is 278 g/mol. The average Bonchev–Trinajstić information content (AvgIpc) is 2.59. The van der Waals surface area contributed by atoms with Gasteiger partial charge in [-0.05, 0) is 38.8 Å². The Morgan fingerprint density at radius 3 is 2.22 bits per heavy atom. The van der Waals surface area contributed by atoms with E-state index in [0.717, 1.165) is 5.92 Å². The Labute approximate surface area is 112 Å². The summed E-state index contributed by atoms with van der Waals surface area (Å²) in [4.78, 5) is 2.58. The van der Waals surface area contributed by atoms with E-state index in [0.29, 0.717) is 5.44 Å². The second-order valence-corrected chi connectivity index (χ2v) is 7.24. The van der Waals surface area contributed by atoms with Crippen LogP contribution in [0.2, 0.25) is 0 Å². The molecule has 0 aromatic carbocycles. The minimum absolute atomic E-state index is 0.251. The van der Waals surface area contributed by atoms with E-state index < -0.39 is 10.4 Å². The standard InChI is InChI=1S/C10H17NOS.H2O4S/c1-8-12-10(7-13-8)6-11-4-2-9(10)3-5-11;1-5(2,3)4/h8-9H,2-7H2,1H3;(H2,1,2,3,4). The summed E-state index contributed by atoms with van der Waals surface area (Å²) >= 11 is 1.99. The van der Waals surface area contributed by atoms with Crippen LogP contribution in [0.25, 0.3) is 0 Å². The number of piperidine rings is 3. The number of thioether (sulfide) groups is 1. The first-order valence-corrected chi connectivity index (χ1v) is 8.45. The Morgan fingerprint density at radius 1 is 1.33 bits per heavy atom. The van der Waals surface area contributed by atoms with Gasteiger partial charge in [0.15, 0.2) is 0 Å². The van der Waals surface area contributed by atoms with E-state index in [9.17, 15) is 0 Å².